The fourth-order valence-corrected chi connectivity index (χ4v) is 2.14. The Hall–Kier alpha value is -1.39. The minimum absolute atomic E-state index is 0.216. The second-order valence-electron chi connectivity index (χ2n) is 5.70. The molecule has 1 fully saturated rings. The minimum Gasteiger partial charge on any atom is -0.480 e. The van der Waals surface area contributed by atoms with Crippen LogP contribution in [0.25, 0.3) is 0 Å². The number of carboxylic acid groups (broad SMARTS) is 1. The van der Waals surface area contributed by atoms with Crippen molar-refractivity contribution in [1.29, 1.82) is 0 Å². The minimum atomic E-state index is -0.964. The lowest BCUT2D eigenvalue weighted by atomic mass is 10.0. The molecule has 0 heterocycles. The highest BCUT2D eigenvalue weighted by Crippen LogP contribution is 2.23. The van der Waals surface area contributed by atoms with Gasteiger partial charge in [0.05, 0.1) is 6.61 Å². The van der Waals surface area contributed by atoms with Crippen molar-refractivity contribution in [2.24, 2.45) is 0 Å². The predicted molar refractivity (Wildman–Crippen MR) is 77.8 cm³/mol. The Morgan fingerprint density at radius 2 is 2.10 bits per heavy atom. The van der Waals surface area contributed by atoms with Gasteiger partial charge < -0.3 is 9.84 Å². The van der Waals surface area contributed by atoms with Crippen LogP contribution in [0.15, 0.2) is 30.3 Å². The van der Waals surface area contributed by atoms with Crippen LogP contribution in [0.1, 0.15) is 31.7 Å². The smallest absolute Gasteiger partial charge is 0.326 e. The molecular formula is C16H23NO3. The third-order valence-electron chi connectivity index (χ3n) is 3.56. The highest BCUT2D eigenvalue weighted by Gasteiger charge is 2.38. The summed E-state index contributed by atoms with van der Waals surface area (Å²) in [6, 6.07) is 10.6. The number of rotatable bonds is 9. The maximum atomic E-state index is 11.3. The van der Waals surface area contributed by atoms with Gasteiger partial charge in [-0.05, 0) is 38.2 Å². The van der Waals surface area contributed by atoms with Crippen molar-refractivity contribution in [2.75, 3.05) is 13.2 Å². The molecule has 0 radical (unpaired) electrons. The van der Waals surface area contributed by atoms with Gasteiger partial charge in [0.15, 0.2) is 0 Å². The molecule has 20 heavy (non-hydrogen) atoms. The Labute approximate surface area is 120 Å². The largest absolute Gasteiger partial charge is 0.480 e. The summed E-state index contributed by atoms with van der Waals surface area (Å²) in [5.41, 5.74) is 0.321. The van der Waals surface area contributed by atoms with Gasteiger partial charge in [0.2, 0.25) is 0 Å². The van der Waals surface area contributed by atoms with Gasteiger partial charge in [0.1, 0.15) is 5.54 Å². The summed E-state index contributed by atoms with van der Waals surface area (Å²) in [5.74, 6) is -0.840. The van der Waals surface area contributed by atoms with E-state index in [2.05, 4.69) is 17.4 Å². The number of aryl methyl sites for hydroxylation is 1. The first-order chi connectivity index (χ1) is 9.60. The molecular weight excluding hydrogens is 254 g/mol. The molecule has 2 N–H and O–H groups in total. The Kier molecular flexibility index (Phi) is 5.15. The molecule has 0 spiro atoms. The van der Waals surface area contributed by atoms with Crippen LogP contribution in [0.3, 0.4) is 0 Å². The zero-order chi connectivity index (χ0) is 14.4. The fourth-order valence-electron chi connectivity index (χ4n) is 2.14. The lowest BCUT2D eigenvalue weighted by molar-refractivity contribution is -0.147. The zero-order valence-corrected chi connectivity index (χ0v) is 12.0. The van der Waals surface area contributed by atoms with E-state index in [1.165, 1.54) is 5.56 Å². The molecule has 0 saturated heterocycles. The van der Waals surface area contributed by atoms with Gasteiger partial charge in [0.25, 0.3) is 0 Å². The second-order valence-corrected chi connectivity index (χ2v) is 5.70. The van der Waals surface area contributed by atoms with Crippen LogP contribution in [0, 0.1) is 0 Å². The Morgan fingerprint density at radius 3 is 2.70 bits per heavy atom. The van der Waals surface area contributed by atoms with Crippen molar-refractivity contribution >= 4 is 5.97 Å². The lowest BCUT2D eigenvalue weighted by Crippen LogP contribution is -2.54. The van der Waals surface area contributed by atoms with Crippen LogP contribution in [-0.2, 0) is 16.0 Å². The normalized spacial score (nSPS) is 17.6. The number of hydrogen-bond donors (Lipinski definition) is 2. The molecule has 0 aromatic heterocycles. The zero-order valence-electron chi connectivity index (χ0n) is 12.0. The third kappa shape index (κ3) is 4.62. The average molecular weight is 277 g/mol. The second kappa shape index (κ2) is 6.86. The van der Waals surface area contributed by atoms with E-state index in [1.807, 2.05) is 18.2 Å². The first-order valence-electron chi connectivity index (χ1n) is 7.23. The summed E-state index contributed by atoms with van der Waals surface area (Å²) in [6.07, 6.45) is 4.00. The van der Waals surface area contributed by atoms with Gasteiger partial charge in [-0.25, -0.2) is 0 Å². The Balaban J connectivity index is 1.67. The molecule has 1 aliphatic carbocycles. The van der Waals surface area contributed by atoms with Crippen LogP contribution in [-0.4, -0.2) is 35.9 Å². The van der Waals surface area contributed by atoms with Crippen molar-refractivity contribution in [2.45, 2.75) is 44.2 Å². The predicted octanol–water partition coefficient (Wildman–Crippen LogP) is 2.23. The fraction of sp³-hybridized carbons (Fsp3) is 0.562. The van der Waals surface area contributed by atoms with Gasteiger partial charge in [-0.3, -0.25) is 10.1 Å². The van der Waals surface area contributed by atoms with Crippen molar-refractivity contribution in [3.05, 3.63) is 35.9 Å². The van der Waals surface area contributed by atoms with Crippen LogP contribution in [0.4, 0.5) is 0 Å². The molecule has 1 atom stereocenters. The summed E-state index contributed by atoms with van der Waals surface area (Å²) >= 11 is 0. The van der Waals surface area contributed by atoms with Crippen molar-refractivity contribution in [3.8, 4) is 0 Å². The highest BCUT2D eigenvalue weighted by molar-refractivity contribution is 5.78. The molecule has 1 aromatic carbocycles. The van der Waals surface area contributed by atoms with Crippen molar-refractivity contribution in [3.63, 3.8) is 0 Å². The monoisotopic (exact) mass is 277 g/mol. The molecule has 0 bridgehead atoms. The van der Waals surface area contributed by atoms with E-state index in [9.17, 15) is 9.90 Å². The first-order valence-corrected chi connectivity index (χ1v) is 7.23. The Morgan fingerprint density at radius 1 is 1.40 bits per heavy atom. The topological polar surface area (TPSA) is 58.6 Å². The van der Waals surface area contributed by atoms with Gasteiger partial charge in [-0.2, -0.15) is 0 Å². The number of hydrogen-bond acceptors (Lipinski definition) is 3. The SMILES string of the molecule is CC(COCCCc1ccccc1)(NC1CC1)C(=O)O. The molecule has 110 valence electrons. The van der Waals surface area contributed by atoms with Crippen LogP contribution < -0.4 is 5.32 Å². The molecule has 1 unspecified atom stereocenters. The van der Waals surface area contributed by atoms with E-state index in [4.69, 9.17) is 4.74 Å². The van der Waals surface area contributed by atoms with Gasteiger partial charge in [-0.1, -0.05) is 30.3 Å². The van der Waals surface area contributed by atoms with E-state index in [0.29, 0.717) is 12.6 Å². The van der Waals surface area contributed by atoms with Crippen molar-refractivity contribution in [1.82, 2.24) is 5.32 Å². The van der Waals surface area contributed by atoms with Crippen molar-refractivity contribution < 1.29 is 14.6 Å². The highest BCUT2D eigenvalue weighted by atomic mass is 16.5. The number of benzene rings is 1. The molecule has 4 heteroatoms. The molecule has 0 aliphatic heterocycles. The van der Waals surface area contributed by atoms with Gasteiger partial charge in [0, 0.05) is 12.6 Å². The number of ether oxygens (including phenoxy) is 1. The van der Waals surface area contributed by atoms with E-state index < -0.39 is 11.5 Å². The molecule has 1 saturated carbocycles. The van der Waals surface area contributed by atoms with Crippen LogP contribution in [0.5, 0.6) is 0 Å². The third-order valence-corrected chi connectivity index (χ3v) is 3.56. The summed E-state index contributed by atoms with van der Waals surface area (Å²) in [7, 11) is 0. The Bertz CT molecular complexity index is 431. The lowest BCUT2D eigenvalue weighted by Gasteiger charge is -2.26. The number of nitrogens with one attached hydrogen (secondary N) is 1. The van der Waals surface area contributed by atoms with Gasteiger partial charge in [-0.15, -0.1) is 0 Å². The van der Waals surface area contributed by atoms with E-state index in [-0.39, 0.29) is 6.61 Å². The summed E-state index contributed by atoms with van der Waals surface area (Å²) < 4.78 is 5.57. The van der Waals surface area contributed by atoms with Crippen LogP contribution in [0.2, 0.25) is 0 Å². The van der Waals surface area contributed by atoms with E-state index >= 15 is 0 Å². The first kappa shape index (κ1) is 15.0. The summed E-state index contributed by atoms with van der Waals surface area (Å²) in [4.78, 5) is 11.3. The van der Waals surface area contributed by atoms with E-state index in [0.717, 1.165) is 25.7 Å². The molecule has 1 aromatic rings. The maximum absolute atomic E-state index is 11.3. The van der Waals surface area contributed by atoms with Gasteiger partial charge >= 0.3 is 5.97 Å². The molecule has 1 aliphatic rings. The molecule has 2 rings (SSSR count). The molecule has 4 nitrogen and oxygen atoms in total. The quantitative estimate of drug-likeness (QED) is 0.680. The number of aliphatic carboxylic acids is 1. The molecule has 0 amide bonds. The summed E-state index contributed by atoms with van der Waals surface area (Å²) in [6.45, 7) is 2.50. The summed E-state index contributed by atoms with van der Waals surface area (Å²) in [5, 5.41) is 12.5. The van der Waals surface area contributed by atoms with E-state index in [1.54, 1.807) is 6.92 Å². The maximum Gasteiger partial charge on any atom is 0.326 e. The number of carbonyl (C=O) groups is 1. The van der Waals surface area contributed by atoms with Crippen LogP contribution >= 0.6 is 0 Å². The standard InChI is InChI=1S/C16H23NO3/c1-16(15(18)19,17-14-9-10-14)12-20-11-5-8-13-6-3-2-4-7-13/h2-4,6-7,14,17H,5,8-12H2,1H3,(H,18,19). The number of carboxylic acids is 1. The average Bonchev–Trinajstić information content (AvgIpc) is 3.23.